The molecule has 20 heteroatoms. The highest BCUT2D eigenvalue weighted by atomic mass is 16.8. The van der Waals surface area contributed by atoms with Crippen molar-refractivity contribution < 1.29 is 99.0 Å². The van der Waals surface area contributed by atoms with Gasteiger partial charge >= 0.3 is 11.9 Å². The normalized spacial score (nSPS) is 54.0. The van der Waals surface area contributed by atoms with Gasteiger partial charge in [-0.15, -0.1) is 0 Å². The maximum atomic E-state index is 13.8. The summed E-state index contributed by atoms with van der Waals surface area (Å²) in [5, 5.41) is 118. The average molecular weight is 957 g/mol. The molecule has 0 spiro atoms. The third-order valence-electron chi connectivity index (χ3n) is 18.9. The van der Waals surface area contributed by atoms with Crippen LogP contribution in [0.25, 0.3) is 0 Å². The Morgan fingerprint density at radius 2 is 1.40 bits per heavy atom. The Bertz CT molecular complexity index is 1910. The van der Waals surface area contributed by atoms with Crippen molar-refractivity contribution >= 4 is 18.2 Å². The molecular weight excluding hydrogens is 884 g/mol. The monoisotopic (exact) mass is 956 g/mol. The third kappa shape index (κ3) is 7.78. The molecule has 5 aliphatic carbocycles. The number of aliphatic hydroxyl groups is 9. The summed E-state index contributed by atoms with van der Waals surface area (Å²) < 4.78 is 35.9. The van der Waals surface area contributed by atoms with E-state index in [0.717, 1.165) is 11.9 Å². The highest BCUT2D eigenvalue weighted by molar-refractivity contribution is 5.78. The number of hydrogen-bond donors (Lipinski definition) is 11. The summed E-state index contributed by atoms with van der Waals surface area (Å²) in [5.41, 5.74) is -3.10. The Hall–Kier alpha value is -2.25. The highest BCUT2D eigenvalue weighted by Crippen LogP contribution is 2.76. The van der Waals surface area contributed by atoms with Crippen molar-refractivity contribution in [3.63, 3.8) is 0 Å². The fourth-order valence-electron chi connectivity index (χ4n) is 14.8. The molecule has 4 saturated carbocycles. The lowest BCUT2D eigenvalue weighted by atomic mass is 9.33. The van der Waals surface area contributed by atoms with Gasteiger partial charge in [-0.05, 0) is 97.2 Å². The molecule has 380 valence electrons. The van der Waals surface area contributed by atoms with Gasteiger partial charge in [0.1, 0.15) is 72.7 Å². The molecule has 67 heavy (non-hydrogen) atoms. The summed E-state index contributed by atoms with van der Waals surface area (Å²) >= 11 is 0. The number of aldehydes is 1. The Labute approximate surface area is 389 Å². The minimum atomic E-state index is -2.14. The van der Waals surface area contributed by atoms with Gasteiger partial charge in [-0.1, -0.05) is 53.2 Å². The smallest absolute Gasteiger partial charge is 0.335 e. The van der Waals surface area contributed by atoms with Crippen molar-refractivity contribution in [2.75, 3.05) is 13.2 Å². The van der Waals surface area contributed by atoms with Gasteiger partial charge in [0, 0.05) is 0 Å². The van der Waals surface area contributed by atoms with E-state index in [1.54, 1.807) is 6.92 Å². The first kappa shape index (κ1) is 51.1. The zero-order chi connectivity index (χ0) is 49.1. The van der Waals surface area contributed by atoms with E-state index in [0.29, 0.717) is 44.9 Å². The number of carboxylic acid groups (broad SMARTS) is 2. The lowest BCUT2D eigenvalue weighted by Crippen LogP contribution is -2.69. The maximum absolute atomic E-state index is 13.8. The first-order valence-corrected chi connectivity index (χ1v) is 23.8. The summed E-state index contributed by atoms with van der Waals surface area (Å²) in [6, 6.07) is 0. The van der Waals surface area contributed by atoms with Crippen LogP contribution in [0.5, 0.6) is 0 Å². The number of aliphatic carboxylic acids is 2. The van der Waals surface area contributed by atoms with Crippen molar-refractivity contribution in [2.24, 2.45) is 50.2 Å². The van der Waals surface area contributed by atoms with Gasteiger partial charge in [-0.2, -0.15) is 0 Å². The number of rotatable bonds is 10. The van der Waals surface area contributed by atoms with E-state index < -0.39 is 150 Å². The topological polar surface area (TPSA) is 329 Å². The van der Waals surface area contributed by atoms with Gasteiger partial charge in [0.15, 0.2) is 25.0 Å². The molecule has 7 fully saturated rings. The van der Waals surface area contributed by atoms with Gasteiger partial charge in [0.05, 0.1) is 30.8 Å². The molecule has 24 atom stereocenters. The zero-order valence-electron chi connectivity index (χ0n) is 39.0. The van der Waals surface area contributed by atoms with Crippen LogP contribution < -0.4 is 0 Å². The molecule has 3 heterocycles. The van der Waals surface area contributed by atoms with Gasteiger partial charge in [0.25, 0.3) is 0 Å². The van der Waals surface area contributed by atoms with Crippen LogP contribution in [0.4, 0.5) is 0 Å². The molecule has 0 bridgehead atoms. The summed E-state index contributed by atoms with van der Waals surface area (Å²) in [6.45, 7) is 11.3. The van der Waals surface area contributed by atoms with E-state index in [2.05, 4.69) is 40.7 Å². The fraction of sp³-hybridized carbons (Fsp3) is 0.894. The quantitative estimate of drug-likeness (QED) is 0.0753. The molecule has 11 N–H and O–H groups in total. The van der Waals surface area contributed by atoms with Crippen LogP contribution in [0.3, 0.4) is 0 Å². The summed E-state index contributed by atoms with van der Waals surface area (Å²) in [7, 11) is 0. The zero-order valence-corrected chi connectivity index (χ0v) is 39.0. The SMILES string of the molecule is CC1(C)CCC2(C(=O)O)C(C1)C1=CCC3C4(C)CC[C@H](O[C@@H]5OC(C(=O)O)[C@@H](O)C(O[C@@H]6OC[C@@H](O)C(O)C6O)C5O[C@@H]5OC(CO)[C@H](O)C(O)C5O)C(C)(C=O)C4CCC3(C)C1(C)C[C@@H]2O. The molecule has 0 aromatic rings. The Morgan fingerprint density at radius 3 is 2.04 bits per heavy atom. The molecule has 3 aliphatic heterocycles. The summed E-state index contributed by atoms with van der Waals surface area (Å²) in [6.07, 6.45) is -20.5. The van der Waals surface area contributed by atoms with Gasteiger partial charge in [-0.25, -0.2) is 4.79 Å². The van der Waals surface area contributed by atoms with Crippen LogP contribution in [0.2, 0.25) is 0 Å². The van der Waals surface area contributed by atoms with Crippen LogP contribution >= 0.6 is 0 Å². The first-order valence-electron chi connectivity index (χ1n) is 23.8. The molecule has 0 radical (unpaired) electrons. The highest BCUT2D eigenvalue weighted by Gasteiger charge is 2.72. The Morgan fingerprint density at radius 1 is 0.731 bits per heavy atom. The number of carboxylic acids is 2. The maximum Gasteiger partial charge on any atom is 0.335 e. The van der Waals surface area contributed by atoms with E-state index in [9.17, 15) is 70.6 Å². The van der Waals surface area contributed by atoms with Crippen LogP contribution in [-0.2, 0) is 42.8 Å². The second-order valence-electron chi connectivity index (χ2n) is 22.8. The largest absolute Gasteiger partial charge is 0.481 e. The van der Waals surface area contributed by atoms with E-state index in [1.807, 2.05) is 0 Å². The molecule has 8 rings (SSSR count). The molecule has 20 nitrogen and oxygen atoms in total. The van der Waals surface area contributed by atoms with Crippen LogP contribution in [0.15, 0.2) is 11.6 Å². The number of hydrogen-bond acceptors (Lipinski definition) is 18. The van der Waals surface area contributed by atoms with Gasteiger partial charge in [0.2, 0.25) is 0 Å². The first-order chi connectivity index (χ1) is 31.3. The number of ether oxygens (including phenoxy) is 6. The predicted molar refractivity (Wildman–Crippen MR) is 227 cm³/mol. The Balaban J connectivity index is 1.13. The molecule has 16 unspecified atom stereocenters. The fourth-order valence-corrected chi connectivity index (χ4v) is 14.8. The molecule has 0 aromatic heterocycles. The third-order valence-corrected chi connectivity index (χ3v) is 18.9. The van der Waals surface area contributed by atoms with Crippen LogP contribution in [0.1, 0.15) is 99.3 Å². The van der Waals surface area contributed by atoms with E-state index in [-0.39, 0.29) is 36.0 Å². The summed E-state index contributed by atoms with van der Waals surface area (Å²) in [4.78, 5) is 39.8. The molecule has 8 aliphatic rings. The van der Waals surface area contributed by atoms with Crippen molar-refractivity contribution in [2.45, 2.75) is 198 Å². The number of aliphatic hydroxyl groups excluding tert-OH is 9. The molecule has 0 aromatic carbocycles. The standard InChI is InChI=1S/C47H72O20/c1-42(2)13-14-47(41(60)61)21(15-42)20-7-8-25-43(3)11-10-27(44(4,19-49)24(43)9-12-45(25,5)46(20,6)16-26(47)51)64-40-36(67-39-32(56)30(54)29(53)23(17-48)63-39)34(33(57)35(66-40)37(58)59)65-38-31(55)28(52)22(50)18-62-38/h7,19,21-36,38-40,48,50-57H,8-18H2,1-6H3,(H,58,59)(H,60,61)/t21?,22-,23?,24?,25?,26+,27+,28?,29+,30?,31?,32?,33+,34?,35?,36?,38+,39+,40-,43?,44?,45?,46?,47?/m1/s1. The van der Waals surface area contributed by atoms with E-state index >= 15 is 0 Å². The van der Waals surface area contributed by atoms with Crippen LogP contribution in [0, 0.1) is 50.2 Å². The molecule has 0 amide bonds. The Kier molecular flexibility index (Phi) is 13.6. The number of fused-ring (bicyclic) bond motifs is 7. The van der Waals surface area contributed by atoms with E-state index in [4.69, 9.17) is 28.4 Å². The van der Waals surface area contributed by atoms with Gasteiger partial charge in [-0.3, -0.25) is 4.79 Å². The lowest BCUT2D eigenvalue weighted by Gasteiger charge is -2.71. The number of allylic oxidation sites excluding steroid dienone is 2. The number of carbonyl (C=O) groups excluding carboxylic acids is 1. The second-order valence-corrected chi connectivity index (χ2v) is 22.8. The van der Waals surface area contributed by atoms with Crippen molar-refractivity contribution in [3.05, 3.63) is 11.6 Å². The van der Waals surface area contributed by atoms with Crippen LogP contribution in [-0.4, -0.2) is 186 Å². The van der Waals surface area contributed by atoms with Gasteiger partial charge < -0.3 is 89.4 Å². The average Bonchev–Trinajstić information content (AvgIpc) is 3.26. The van der Waals surface area contributed by atoms with E-state index in [1.165, 1.54) is 0 Å². The minimum Gasteiger partial charge on any atom is -0.481 e. The lowest BCUT2D eigenvalue weighted by molar-refractivity contribution is -0.391. The predicted octanol–water partition coefficient (Wildman–Crippen LogP) is -0.413. The molecular formula is C47H72O20. The number of carbonyl (C=O) groups is 3. The van der Waals surface area contributed by atoms with Crippen molar-refractivity contribution in [3.8, 4) is 0 Å². The minimum absolute atomic E-state index is 0.0258. The van der Waals surface area contributed by atoms with Crippen molar-refractivity contribution in [1.29, 1.82) is 0 Å². The molecule has 3 saturated heterocycles. The second kappa shape index (κ2) is 17.8. The van der Waals surface area contributed by atoms with Crippen molar-refractivity contribution in [1.82, 2.24) is 0 Å². The summed E-state index contributed by atoms with van der Waals surface area (Å²) in [5.74, 6) is -3.36.